The Labute approximate surface area is 117 Å². The number of halogens is 4. The number of carbonyl (C=O) groups is 1. The Morgan fingerprint density at radius 2 is 1.95 bits per heavy atom. The van der Waals surface area contributed by atoms with E-state index in [9.17, 15) is 22.4 Å². The van der Waals surface area contributed by atoms with E-state index in [1.807, 2.05) is 0 Å². The lowest BCUT2D eigenvalue weighted by Gasteiger charge is -2.22. The first-order valence-electron chi connectivity index (χ1n) is 5.66. The van der Waals surface area contributed by atoms with Crippen LogP contribution in [-0.2, 0) is 4.79 Å². The first kappa shape index (κ1) is 16.8. The van der Waals surface area contributed by atoms with Gasteiger partial charge in [-0.15, -0.1) is 11.8 Å². The number of amides is 1. The van der Waals surface area contributed by atoms with E-state index in [-0.39, 0.29) is 10.6 Å². The highest BCUT2D eigenvalue weighted by atomic mass is 32.2. The quantitative estimate of drug-likeness (QED) is 0.647. The average molecular weight is 311 g/mol. The lowest BCUT2D eigenvalue weighted by atomic mass is 10.3. The van der Waals surface area contributed by atoms with Gasteiger partial charge in [0.15, 0.2) is 0 Å². The summed E-state index contributed by atoms with van der Waals surface area (Å²) in [5.74, 6) is -1.66. The van der Waals surface area contributed by atoms with Gasteiger partial charge < -0.3 is 10.0 Å². The van der Waals surface area contributed by atoms with Crippen molar-refractivity contribution in [2.75, 3.05) is 25.4 Å². The van der Waals surface area contributed by atoms with Crippen LogP contribution in [0.3, 0.4) is 0 Å². The first-order valence-corrected chi connectivity index (χ1v) is 6.65. The van der Waals surface area contributed by atoms with Crippen LogP contribution in [-0.4, -0.2) is 47.5 Å². The molecule has 1 amide bonds. The van der Waals surface area contributed by atoms with Gasteiger partial charge in [0.05, 0.1) is 12.4 Å². The highest BCUT2D eigenvalue weighted by molar-refractivity contribution is 8.00. The van der Waals surface area contributed by atoms with Gasteiger partial charge in [-0.3, -0.25) is 4.79 Å². The zero-order valence-corrected chi connectivity index (χ0v) is 11.2. The van der Waals surface area contributed by atoms with Crippen molar-refractivity contribution in [2.24, 2.45) is 0 Å². The minimum absolute atomic E-state index is 0.191. The molecule has 112 valence electrons. The van der Waals surface area contributed by atoms with Crippen LogP contribution >= 0.6 is 11.8 Å². The van der Waals surface area contributed by atoms with Crippen molar-refractivity contribution < 1.29 is 27.5 Å². The molecule has 0 spiro atoms. The maximum atomic E-state index is 13.3. The third kappa shape index (κ3) is 5.79. The number of benzene rings is 1. The van der Waals surface area contributed by atoms with Crippen molar-refractivity contribution in [3.05, 3.63) is 30.1 Å². The minimum atomic E-state index is -4.53. The summed E-state index contributed by atoms with van der Waals surface area (Å²) >= 11 is 0.820. The lowest BCUT2D eigenvalue weighted by molar-refractivity contribution is -0.160. The second-order valence-corrected chi connectivity index (χ2v) is 4.89. The maximum absolute atomic E-state index is 13.3. The highest BCUT2D eigenvalue weighted by Gasteiger charge is 2.32. The zero-order valence-electron chi connectivity index (χ0n) is 10.4. The molecule has 20 heavy (non-hydrogen) atoms. The SMILES string of the molecule is O=C(CSc1ccccc1F)N(CCO)CC(F)(F)F. The molecule has 0 fully saturated rings. The number of thioether (sulfide) groups is 1. The highest BCUT2D eigenvalue weighted by Crippen LogP contribution is 2.22. The van der Waals surface area contributed by atoms with Gasteiger partial charge in [0, 0.05) is 11.4 Å². The minimum Gasteiger partial charge on any atom is -0.395 e. The molecule has 3 nitrogen and oxygen atoms in total. The van der Waals surface area contributed by atoms with Crippen LogP contribution in [0.5, 0.6) is 0 Å². The Hall–Kier alpha value is -1.28. The van der Waals surface area contributed by atoms with Crippen molar-refractivity contribution in [2.45, 2.75) is 11.1 Å². The Morgan fingerprint density at radius 1 is 1.30 bits per heavy atom. The molecule has 0 aliphatic heterocycles. The summed E-state index contributed by atoms with van der Waals surface area (Å²) in [6.45, 7) is -2.40. The predicted molar refractivity (Wildman–Crippen MR) is 66.8 cm³/mol. The molecule has 0 bridgehead atoms. The van der Waals surface area contributed by atoms with Crippen molar-refractivity contribution >= 4 is 17.7 Å². The van der Waals surface area contributed by atoms with Gasteiger partial charge in [0.1, 0.15) is 12.4 Å². The van der Waals surface area contributed by atoms with Crippen LogP contribution < -0.4 is 0 Å². The van der Waals surface area contributed by atoms with E-state index >= 15 is 0 Å². The molecule has 0 radical (unpaired) electrons. The van der Waals surface area contributed by atoms with Gasteiger partial charge in [0.25, 0.3) is 0 Å². The molecule has 1 rings (SSSR count). The lowest BCUT2D eigenvalue weighted by Crippen LogP contribution is -2.41. The van der Waals surface area contributed by atoms with E-state index in [2.05, 4.69) is 0 Å². The van der Waals surface area contributed by atoms with Gasteiger partial charge in [-0.25, -0.2) is 4.39 Å². The van der Waals surface area contributed by atoms with E-state index in [1.54, 1.807) is 6.07 Å². The number of aliphatic hydroxyl groups excluding tert-OH is 1. The van der Waals surface area contributed by atoms with Crippen molar-refractivity contribution in [3.8, 4) is 0 Å². The largest absolute Gasteiger partial charge is 0.406 e. The fourth-order valence-electron chi connectivity index (χ4n) is 1.42. The summed E-state index contributed by atoms with van der Waals surface area (Å²) in [4.78, 5) is 12.4. The molecule has 0 saturated carbocycles. The number of carbonyl (C=O) groups excluding carboxylic acids is 1. The van der Waals surface area contributed by atoms with E-state index in [4.69, 9.17) is 5.11 Å². The molecular weight excluding hydrogens is 298 g/mol. The maximum Gasteiger partial charge on any atom is 0.406 e. The van der Waals surface area contributed by atoms with Gasteiger partial charge in [-0.2, -0.15) is 13.2 Å². The summed E-state index contributed by atoms with van der Waals surface area (Å²) < 4.78 is 50.1. The molecule has 0 aromatic heterocycles. The second kappa shape index (κ2) is 7.49. The first-order chi connectivity index (χ1) is 9.33. The van der Waals surface area contributed by atoms with Gasteiger partial charge >= 0.3 is 6.18 Å². The fraction of sp³-hybridized carbons (Fsp3) is 0.417. The Balaban J connectivity index is 2.60. The fourth-order valence-corrected chi connectivity index (χ4v) is 2.26. The standard InChI is InChI=1S/C12H13F4NO2S/c13-9-3-1-2-4-10(9)20-7-11(19)17(5-6-18)8-12(14,15)16/h1-4,18H,5-8H2. The van der Waals surface area contributed by atoms with Crippen LogP contribution in [0.1, 0.15) is 0 Å². The molecule has 1 aromatic carbocycles. The molecule has 1 N–H and O–H groups in total. The molecule has 0 heterocycles. The molecule has 0 aliphatic carbocycles. The third-order valence-corrected chi connectivity index (χ3v) is 3.31. The Bertz CT molecular complexity index is 453. The van der Waals surface area contributed by atoms with Gasteiger partial charge in [0.2, 0.25) is 5.91 Å². The molecule has 8 heteroatoms. The van der Waals surface area contributed by atoms with Crippen LogP contribution in [0.15, 0.2) is 29.2 Å². The summed E-state index contributed by atoms with van der Waals surface area (Å²) in [5, 5.41) is 8.68. The smallest absolute Gasteiger partial charge is 0.395 e. The molecule has 0 atom stereocenters. The number of alkyl halides is 3. The van der Waals surface area contributed by atoms with Gasteiger partial charge in [-0.1, -0.05) is 12.1 Å². The Morgan fingerprint density at radius 3 is 2.50 bits per heavy atom. The van der Waals surface area contributed by atoms with Crippen molar-refractivity contribution in [3.63, 3.8) is 0 Å². The monoisotopic (exact) mass is 311 g/mol. The van der Waals surface area contributed by atoms with Crippen molar-refractivity contribution in [1.82, 2.24) is 4.90 Å². The van der Waals surface area contributed by atoms with E-state index < -0.39 is 37.6 Å². The molecule has 0 saturated heterocycles. The number of rotatable bonds is 6. The number of aliphatic hydroxyl groups is 1. The predicted octanol–water partition coefficient (Wildman–Crippen LogP) is 2.30. The Kier molecular flexibility index (Phi) is 6.28. The second-order valence-electron chi connectivity index (χ2n) is 3.87. The van der Waals surface area contributed by atoms with Gasteiger partial charge in [-0.05, 0) is 12.1 Å². The average Bonchev–Trinajstić information content (AvgIpc) is 2.35. The van der Waals surface area contributed by atoms with Crippen LogP contribution in [0.2, 0.25) is 0 Å². The van der Waals surface area contributed by atoms with Crippen LogP contribution in [0, 0.1) is 5.82 Å². The topological polar surface area (TPSA) is 40.5 Å². The normalized spacial score (nSPS) is 11.4. The van der Waals surface area contributed by atoms with E-state index in [0.29, 0.717) is 4.90 Å². The molecule has 0 aliphatic rings. The summed E-state index contributed by atoms with van der Waals surface area (Å²) in [6, 6.07) is 5.68. The number of nitrogens with zero attached hydrogens (tertiary/aromatic N) is 1. The summed E-state index contributed by atoms with van der Waals surface area (Å²) in [5.41, 5.74) is 0. The molecular formula is C12H13F4NO2S. The molecule has 0 unspecified atom stereocenters. The summed E-state index contributed by atoms with van der Waals surface area (Å²) in [6.07, 6.45) is -4.53. The number of hydrogen-bond acceptors (Lipinski definition) is 3. The zero-order chi connectivity index (χ0) is 15.2. The van der Waals surface area contributed by atoms with Crippen LogP contribution in [0.25, 0.3) is 0 Å². The number of hydrogen-bond donors (Lipinski definition) is 1. The van der Waals surface area contributed by atoms with Crippen molar-refractivity contribution in [1.29, 1.82) is 0 Å². The van der Waals surface area contributed by atoms with E-state index in [1.165, 1.54) is 18.2 Å². The van der Waals surface area contributed by atoms with E-state index in [0.717, 1.165) is 11.8 Å². The summed E-state index contributed by atoms with van der Waals surface area (Å²) in [7, 11) is 0. The third-order valence-electron chi connectivity index (χ3n) is 2.28. The van der Waals surface area contributed by atoms with Crippen LogP contribution in [0.4, 0.5) is 17.6 Å². The molecule has 1 aromatic rings.